The highest BCUT2D eigenvalue weighted by Gasteiger charge is 2.12. The molecule has 0 spiro atoms. The van der Waals surface area contributed by atoms with Crippen LogP contribution in [0.4, 0.5) is 0 Å². The maximum absolute atomic E-state index is 10.5. The van der Waals surface area contributed by atoms with Gasteiger partial charge in [0.1, 0.15) is 0 Å². The van der Waals surface area contributed by atoms with Gasteiger partial charge in [-0.15, -0.1) is 0 Å². The molecule has 0 amide bonds. The third-order valence-electron chi connectivity index (χ3n) is 3.32. The smallest absolute Gasteiger partial charge is 0.0427 e. The molecule has 0 aromatic rings. The minimum Gasteiger partial charge on any atom is -0.550 e. The molecule has 5 nitrogen and oxygen atoms in total. The molecule has 1 atom stereocenters. The Morgan fingerprint density at radius 1 is 1.05 bits per heavy atom. The Bertz CT molecular complexity index is 250. The zero-order valence-corrected chi connectivity index (χ0v) is 12.0. The van der Waals surface area contributed by atoms with Crippen molar-refractivity contribution in [2.45, 2.75) is 52.4 Å². The van der Waals surface area contributed by atoms with Crippen LogP contribution >= 0.6 is 0 Å². The van der Waals surface area contributed by atoms with E-state index in [2.05, 4.69) is 13.8 Å². The largest absolute Gasteiger partial charge is 0.550 e. The number of unbranched alkanes of at least 4 members (excludes halogenated alkanes) is 1. The molecule has 5 heteroatoms. The van der Waals surface area contributed by atoms with Crippen LogP contribution < -0.4 is 10.2 Å². The standard InChI is InChI=1S/C14H27NO4/c1-3-5-6-12(4-2)11-15(9-7-13(16)17)10-8-14(18)19/h12H,3-11H2,1-2H3,(H,16,17)(H,18,19)/p-2. The van der Waals surface area contributed by atoms with Crippen LogP contribution in [-0.4, -0.2) is 36.5 Å². The summed E-state index contributed by atoms with van der Waals surface area (Å²) in [5.41, 5.74) is 0. The second-order valence-electron chi connectivity index (χ2n) is 4.96. The number of hydrogen-bond acceptors (Lipinski definition) is 5. The average molecular weight is 271 g/mol. The molecule has 0 radical (unpaired) electrons. The van der Waals surface area contributed by atoms with Crippen LogP contribution in [0.1, 0.15) is 52.4 Å². The van der Waals surface area contributed by atoms with Gasteiger partial charge in [0.05, 0.1) is 0 Å². The van der Waals surface area contributed by atoms with Crippen LogP contribution in [0.3, 0.4) is 0 Å². The predicted molar refractivity (Wildman–Crippen MR) is 69.0 cm³/mol. The van der Waals surface area contributed by atoms with Crippen molar-refractivity contribution in [3.05, 3.63) is 0 Å². The van der Waals surface area contributed by atoms with Gasteiger partial charge in [0.2, 0.25) is 0 Å². The van der Waals surface area contributed by atoms with E-state index in [1.165, 1.54) is 0 Å². The van der Waals surface area contributed by atoms with E-state index in [-0.39, 0.29) is 12.8 Å². The molecule has 112 valence electrons. The topological polar surface area (TPSA) is 83.5 Å². The quantitative estimate of drug-likeness (QED) is 0.490. The molecule has 0 rings (SSSR count). The van der Waals surface area contributed by atoms with E-state index in [1.807, 2.05) is 4.90 Å². The van der Waals surface area contributed by atoms with Crippen LogP contribution in [0.5, 0.6) is 0 Å². The Morgan fingerprint density at radius 3 is 1.95 bits per heavy atom. The van der Waals surface area contributed by atoms with Crippen molar-refractivity contribution in [3.63, 3.8) is 0 Å². The highest BCUT2D eigenvalue weighted by atomic mass is 16.4. The minimum atomic E-state index is -1.10. The lowest BCUT2D eigenvalue weighted by atomic mass is 9.98. The van der Waals surface area contributed by atoms with Crippen molar-refractivity contribution in [2.24, 2.45) is 5.92 Å². The summed E-state index contributed by atoms with van der Waals surface area (Å²) in [6.07, 6.45) is 4.28. The summed E-state index contributed by atoms with van der Waals surface area (Å²) in [6.45, 7) is 5.68. The van der Waals surface area contributed by atoms with Gasteiger partial charge in [0, 0.05) is 31.6 Å². The third kappa shape index (κ3) is 10.5. The summed E-state index contributed by atoms with van der Waals surface area (Å²) < 4.78 is 0. The van der Waals surface area contributed by atoms with Crippen molar-refractivity contribution in [2.75, 3.05) is 19.6 Å². The second kappa shape index (κ2) is 10.8. The second-order valence-corrected chi connectivity index (χ2v) is 4.96. The first-order valence-corrected chi connectivity index (χ1v) is 7.11. The zero-order chi connectivity index (χ0) is 14.7. The average Bonchev–Trinajstić information content (AvgIpc) is 2.36. The fourth-order valence-electron chi connectivity index (χ4n) is 2.08. The molecule has 0 heterocycles. The summed E-state index contributed by atoms with van der Waals surface area (Å²) in [7, 11) is 0. The number of rotatable bonds is 12. The van der Waals surface area contributed by atoms with Gasteiger partial charge in [0.25, 0.3) is 0 Å². The van der Waals surface area contributed by atoms with E-state index in [1.54, 1.807) is 0 Å². The van der Waals surface area contributed by atoms with E-state index in [4.69, 9.17) is 0 Å². The Balaban J connectivity index is 4.26. The molecule has 0 bridgehead atoms. The molecule has 0 fully saturated rings. The van der Waals surface area contributed by atoms with Gasteiger partial charge in [-0.1, -0.05) is 33.1 Å². The molecule has 0 aliphatic carbocycles. The van der Waals surface area contributed by atoms with Gasteiger partial charge in [0.15, 0.2) is 0 Å². The Morgan fingerprint density at radius 2 is 1.58 bits per heavy atom. The van der Waals surface area contributed by atoms with Crippen LogP contribution in [-0.2, 0) is 9.59 Å². The molecule has 0 saturated carbocycles. The van der Waals surface area contributed by atoms with Crippen molar-refractivity contribution in [1.29, 1.82) is 0 Å². The van der Waals surface area contributed by atoms with Crippen LogP contribution in [0.15, 0.2) is 0 Å². The molecule has 0 saturated heterocycles. The number of nitrogens with zero attached hydrogens (tertiary/aromatic N) is 1. The van der Waals surface area contributed by atoms with Gasteiger partial charge in [-0.05, 0) is 25.2 Å². The van der Waals surface area contributed by atoms with Crippen LogP contribution in [0, 0.1) is 5.92 Å². The van der Waals surface area contributed by atoms with Crippen LogP contribution in [0.2, 0.25) is 0 Å². The molecular formula is C14H25NO4-2. The minimum absolute atomic E-state index is 0.0583. The number of carboxylic acid groups (broad SMARTS) is 2. The van der Waals surface area contributed by atoms with Crippen molar-refractivity contribution >= 4 is 11.9 Å². The molecule has 0 aliphatic rings. The third-order valence-corrected chi connectivity index (χ3v) is 3.32. The van der Waals surface area contributed by atoms with Gasteiger partial charge >= 0.3 is 0 Å². The number of aliphatic carboxylic acids is 2. The van der Waals surface area contributed by atoms with Crippen molar-refractivity contribution < 1.29 is 19.8 Å². The van der Waals surface area contributed by atoms with E-state index < -0.39 is 11.9 Å². The first kappa shape index (κ1) is 17.9. The number of hydrogen-bond donors (Lipinski definition) is 0. The fraction of sp³-hybridized carbons (Fsp3) is 0.857. The van der Waals surface area contributed by atoms with Crippen molar-refractivity contribution in [1.82, 2.24) is 4.90 Å². The summed E-state index contributed by atoms with van der Waals surface area (Å²) >= 11 is 0. The highest BCUT2D eigenvalue weighted by molar-refractivity contribution is 5.65. The SMILES string of the molecule is CCCCC(CC)CN(CCC(=O)[O-])CCC(=O)[O-]. The number of carbonyl (C=O) groups excluding carboxylic acids is 2. The Labute approximate surface area is 115 Å². The van der Waals surface area contributed by atoms with Gasteiger partial charge < -0.3 is 24.7 Å². The Kier molecular flexibility index (Phi) is 10.2. The van der Waals surface area contributed by atoms with E-state index >= 15 is 0 Å². The molecule has 19 heavy (non-hydrogen) atoms. The van der Waals surface area contributed by atoms with Gasteiger partial charge in [-0.25, -0.2) is 0 Å². The summed E-state index contributed by atoms with van der Waals surface area (Å²) in [5.74, 6) is -1.71. The lowest BCUT2D eigenvalue weighted by molar-refractivity contribution is -0.306. The lowest BCUT2D eigenvalue weighted by Crippen LogP contribution is -2.37. The highest BCUT2D eigenvalue weighted by Crippen LogP contribution is 2.14. The fourth-order valence-corrected chi connectivity index (χ4v) is 2.08. The first-order valence-electron chi connectivity index (χ1n) is 7.11. The molecular weight excluding hydrogens is 246 g/mol. The molecule has 0 N–H and O–H groups in total. The summed E-state index contributed by atoms with van der Waals surface area (Å²) in [6, 6.07) is 0. The maximum Gasteiger partial charge on any atom is 0.0427 e. The number of carboxylic acids is 2. The van der Waals surface area contributed by atoms with E-state index in [0.717, 1.165) is 32.2 Å². The van der Waals surface area contributed by atoms with Gasteiger partial charge in [-0.3, -0.25) is 0 Å². The maximum atomic E-state index is 10.5. The zero-order valence-electron chi connectivity index (χ0n) is 12.0. The predicted octanol–water partition coefficient (Wildman–Crippen LogP) is -0.215. The summed E-state index contributed by atoms with van der Waals surface area (Å²) in [4.78, 5) is 22.9. The lowest BCUT2D eigenvalue weighted by Gasteiger charge is -2.27. The Hall–Kier alpha value is -1.10. The summed E-state index contributed by atoms with van der Waals surface area (Å²) in [5, 5.41) is 21.0. The normalized spacial score (nSPS) is 12.6. The molecule has 0 aromatic heterocycles. The molecule has 1 unspecified atom stereocenters. The van der Waals surface area contributed by atoms with Gasteiger partial charge in [-0.2, -0.15) is 0 Å². The number of carbonyl (C=O) groups is 2. The monoisotopic (exact) mass is 271 g/mol. The van der Waals surface area contributed by atoms with E-state index in [0.29, 0.717) is 19.0 Å². The molecule has 0 aromatic carbocycles. The van der Waals surface area contributed by atoms with E-state index in [9.17, 15) is 19.8 Å². The van der Waals surface area contributed by atoms with Crippen LogP contribution in [0.25, 0.3) is 0 Å². The first-order chi connectivity index (χ1) is 8.99. The van der Waals surface area contributed by atoms with Crippen molar-refractivity contribution in [3.8, 4) is 0 Å². The molecule has 0 aliphatic heterocycles.